The van der Waals surface area contributed by atoms with Crippen molar-refractivity contribution < 1.29 is 14.4 Å². The lowest BCUT2D eigenvalue weighted by Gasteiger charge is -2.27. The first-order chi connectivity index (χ1) is 13.1. The molecule has 0 aliphatic carbocycles. The summed E-state index contributed by atoms with van der Waals surface area (Å²) in [6, 6.07) is 20.5. The number of rotatable bonds is 5. The molecule has 2 amide bonds. The highest BCUT2D eigenvalue weighted by Crippen LogP contribution is 2.30. The molecule has 4 rings (SSSR count). The number of Topliss-reactive ketones (excluding diaryl/α,β-unsaturated/α-hetero) is 1. The fourth-order valence-corrected chi connectivity index (χ4v) is 3.62. The molecule has 0 saturated carbocycles. The molecule has 0 spiro atoms. The Hall–Kier alpha value is -3.27. The van der Waals surface area contributed by atoms with Crippen LogP contribution in [-0.2, 0) is 11.2 Å². The van der Waals surface area contributed by atoms with Gasteiger partial charge in [0.2, 0.25) is 0 Å². The number of amides is 2. The summed E-state index contributed by atoms with van der Waals surface area (Å²) in [4.78, 5) is 39.6. The molecular weight excluding hydrogens is 350 g/mol. The van der Waals surface area contributed by atoms with Crippen LogP contribution in [-0.4, -0.2) is 29.0 Å². The number of benzene rings is 3. The van der Waals surface area contributed by atoms with E-state index in [0.717, 1.165) is 15.8 Å². The molecule has 1 aliphatic heterocycles. The summed E-state index contributed by atoms with van der Waals surface area (Å²) in [5.74, 6) is -1.19. The number of hydrogen-bond acceptors (Lipinski definition) is 3. The molecule has 4 nitrogen and oxygen atoms in total. The monoisotopic (exact) mass is 373 g/mol. The summed E-state index contributed by atoms with van der Waals surface area (Å²) < 4.78 is 0. The Bertz CT molecular complexity index is 1010. The van der Waals surface area contributed by atoms with Gasteiger partial charge in [0.15, 0.2) is 5.78 Å². The third-order valence-corrected chi connectivity index (χ3v) is 5.10. The minimum atomic E-state index is -0.399. The molecule has 0 saturated heterocycles. The second kappa shape index (κ2) is 7.77. The van der Waals surface area contributed by atoms with Gasteiger partial charge in [-0.05, 0) is 29.5 Å². The summed E-state index contributed by atoms with van der Waals surface area (Å²) in [5, 5.41) is 1.53. The van der Waals surface area contributed by atoms with E-state index in [1.54, 1.807) is 24.3 Å². The number of hydrogen-bond donors (Lipinski definition) is 0. The number of carbonyl (C=O) groups excluding carboxylic acids is 3. The van der Waals surface area contributed by atoms with Crippen molar-refractivity contribution in [1.82, 2.24) is 4.90 Å². The van der Waals surface area contributed by atoms with Crippen molar-refractivity contribution >= 4 is 28.4 Å². The van der Waals surface area contributed by atoms with Crippen molar-refractivity contribution in [2.45, 2.75) is 20.8 Å². The highest BCUT2D eigenvalue weighted by atomic mass is 16.2. The molecule has 0 radical (unpaired) electrons. The second-order valence-corrected chi connectivity index (χ2v) is 6.96. The predicted molar refractivity (Wildman–Crippen MR) is 110 cm³/mol. The zero-order valence-corrected chi connectivity index (χ0v) is 15.0. The zero-order chi connectivity index (χ0) is 19.0. The van der Waals surface area contributed by atoms with E-state index in [4.69, 9.17) is 0 Å². The lowest BCUT2D eigenvalue weighted by Crippen LogP contribution is -2.44. The normalized spacial score (nSPS) is 14.0. The molecule has 142 valence electrons. The Balaban J connectivity index is 0.00000225. The molecule has 0 unspecified atom stereocenters. The Morgan fingerprint density at radius 1 is 0.857 bits per heavy atom. The topological polar surface area (TPSA) is 54.5 Å². The Morgan fingerprint density at radius 3 is 2.00 bits per heavy atom. The van der Waals surface area contributed by atoms with Crippen LogP contribution < -0.4 is 0 Å². The van der Waals surface area contributed by atoms with Gasteiger partial charge in [-0.1, -0.05) is 68.9 Å². The standard InChI is InChI=1S/C23H19NO3.CH4/c1-15(13-16-7-3-2-4-8-16)20(25)14-24-22(26)18-11-5-9-17-10-6-12-19(21(17)18)23(24)27;/h2-12,15H,13-14H2,1H3;1H4/t15-;/m0./s1. The van der Waals surface area contributed by atoms with Gasteiger partial charge in [0.05, 0.1) is 6.54 Å². The molecule has 3 aromatic rings. The van der Waals surface area contributed by atoms with Gasteiger partial charge in [-0.3, -0.25) is 19.3 Å². The van der Waals surface area contributed by atoms with Gasteiger partial charge in [-0.2, -0.15) is 0 Å². The summed E-state index contributed by atoms with van der Waals surface area (Å²) in [7, 11) is 0. The van der Waals surface area contributed by atoms with Gasteiger partial charge < -0.3 is 0 Å². The first kappa shape index (κ1) is 19.5. The molecule has 0 N–H and O–H groups in total. The van der Waals surface area contributed by atoms with Crippen molar-refractivity contribution in [2.75, 3.05) is 6.54 Å². The number of ketones is 1. The Morgan fingerprint density at radius 2 is 1.43 bits per heavy atom. The van der Waals surface area contributed by atoms with E-state index >= 15 is 0 Å². The largest absolute Gasteiger partial charge is 0.297 e. The molecule has 1 aliphatic rings. The van der Waals surface area contributed by atoms with Crippen LogP contribution >= 0.6 is 0 Å². The Labute approximate surface area is 164 Å². The van der Waals surface area contributed by atoms with Crippen LogP contribution in [0.3, 0.4) is 0 Å². The van der Waals surface area contributed by atoms with Crippen LogP contribution in [0.25, 0.3) is 10.8 Å². The van der Waals surface area contributed by atoms with E-state index in [1.807, 2.05) is 49.4 Å². The molecule has 4 heteroatoms. The SMILES string of the molecule is C.C[C@@H](Cc1ccccc1)C(=O)CN1C(=O)c2cccc3cccc(c23)C1=O. The van der Waals surface area contributed by atoms with E-state index in [-0.39, 0.29) is 25.7 Å². The van der Waals surface area contributed by atoms with Crippen LogP contribution in [0.2, 0.25) is 0 Å². The summed E-state index contributed by atoms with van der Waals surface area (Å²) >= 11 is 0. The van der Waals surface area contributed by atoms with Crippen LogP contribution in [0.15, 0.2) is 66.7 Å². The highest BCUT2D eigenvalue weighted by molar-refractivity contribution is 6.26. The maximum Gasteiger partial charge on any atom is 0.261 e. The summed E-state index contributed by atoms with van der Waals surface area (Å²) in [5.41, 5.74) is 2.02. The molecule has 0 aromatic heterocycles. The van der Waals surface area contributed by atoms with Gasteiger partial charge in [-0.25, -0.2) is 0 Å². The maximum absolute atomic E-state index is 12.9. The third kappa shape index (κ3) is 3.33. The minimum absolute atomic E-state index is 0. The molecule has 3 aromatic carbocycles. The summed E-state index contributed by atoms with van der Waals surface area (Å²) in [6.45, 7) is 1.64. The quantitative estimate of drug-likeness (QED) is 0.618. The molecule has 1 heterocycles. The lowest BCUT2D eigenvalue weighted by molar-refractivity contribution is -0.122. The first-order valence-corrected chi connectivity index (χ1v) is 9.01. The minimum Gasteiger partial charge on any atom is -0.297 e. The van der Waals surface area contributed by atoms with Gasteiger partial charge in [0, 0.05) is 22.4 Å². The first-order valence-electron chi connectivity index (χ1n) is 9.01. The van der Waals surface area contributed by atoms with E-state index in [2.05, 4.69) is 0 Å². The van der Waals surface area contributed by atoms with Gasteiger partial charge in [-0.15, -0.1) is 0 Å². The van der Waals surface area contributed by atoms with Crippen LogP contribution in [0.1, 0.15) is 40.6 Å². The van der Waals surface area contributed by atoms with Gasteiger partial charge in [0.25, 0.3) is 11.8 Å². The predicted octanol–water partition coefficient (Wildman–Crippen LogP) is 4.52. The lowest BCUT2D eigenvalue weighted by atomic mass is 9.92. The smallest absolute Gasteiger partial charge is 0.261 e. The van der Waals surface area contributed by atoms with E-state index in [9.17, 15) is 14.4 Å². The van der Waals surface area contributed by atoms with Crippen molar-refractivity contribution in [2.24, 2.45) is 5.92 Å². The number of carbonyl (C=O) groups is 3. The molecule has 0 fully saturated rings. The van der Waals surface area contributed by atoms with E-state index in [0.29, 0.717) is 22.9 Å². The molecular formula is C24H23NO3. The average Bonchev–Trinajstić information content (AvgIpc) is 2.69. The zero-order valence-electron chi connectivity index (χ0n) is 15.0. The number of imide groups is 1. The van der Waals surface area contributed by atoms with E-state index in [1.165, 1.54) is 0 Å². The van der Waals surface area contributed by atoms with Crippen LogP contribution in [0.4, 0.5) is 0 Å². The highest BCUT2D eigenvalue weighted by Gasteiger charge is 2.34. The third-order valence-electron chi connectivity index (χ3n) is 5.10. The Kier molecular flexibility index (Phi) is 5.41. The number of nitrogens with zero attached hydrogens (tertiary/aromatic N) is 1. The van der Waals surface area contributed by atoms with E-state index < -0.39 is 11.8 Å². The van der Waals surface area contributed by atoms with Gasteiger partial charge in [0.1, 0.15) is 0 Å². The van der Waals surface area contributed by atoms with Gasteiger partial charge >= 0.3 is 0 Å². The molecule has 0 bridgehead atoms. The fraction of sp³-hybridized carbons (Fsp3) is 0.208. The van der Waals surface area contributed by atoms with Crippen molar-refractivity contribution in [3.8, 4) is 0 Å². The second-order valence-electron chi connectivity index (χ2n) is 6.96. The van der Waals surface area contributed by atoms with Crippen molar-refractivity contribution in [3.63, 3.8) is 0 Å². The maximum atomic E-state index is 12.9. The average molecular weight is 373 g/mol. The van der Waals surface area contributed by atoms with Crippen molar-refractivity contribution in [3.05, 3.63) is 83.4 Å². The fourth-order valence-electron chi connectivity index (χ4n) is 3.62. The summed E-state index contributed by atoms with van der Waals surface area (Å²) in [6.07, 6.45) is 0.585. The molecule has 1 atom stereocenters. The van der Waals surface area contributed by atoms with Crippen LogP contribution in [0, 0.1) is 5.92 Å². The molecule has 28 heavy (non-hydrogen) atoms. The van der Waals surface area contributed by atoms with Crippen LogP contribution in [0.5, 0.6) is 0 Å². The van der Waals surface area contributed by atoms with Crippen molar-refractivity contribution in [1.29, 1.82) is 0 Å².